The van der Waals surface area contributed by atoms with Crippen molar-refractivity contribution in [3.63, 3.8) is 0 Å². The summed E-state index contributed by atoms with van der Waals surface area (Å²) in [5.41, 5.74) is 1.10. The largest absolute Gasteiger partial charge is 0.492 e. The first-order valence-corrected chi connectivity index (χ1v) is 33.8. The van der Waals surface area contributed by atoms with Gasteiger partial charge in [0, 0.05) is 56.2 Å². The smallest absolute Gasteiger partial charge is 0.411 e. The molecule has 30 heteroatoms. The van der Waals surface area contributed by atoms with Crippen molar-refractivity contribution in [3.05, 3.63) is 49.8 Å². The van der Waals surface area contributed by atoms with Crippen LogP contribution in [0.3, 0.4) is 0 Å². The van der Waals surface area contributed by atoms with Gasteiger partial charge in [-0.15, -0.1) is 0 Å². The van der Waals surface area contributed by atoms with E-state index in [1.54, 1.807) is 38.7 Å². The fourth-order valence-corrected chi connectivity index (χ4v) is 15.3. The van der Waals surface area contributed by atoms with Crippen LogP contribution in [0, 0.1) is 40.1 Å². The number of carbonyl (C=O) groups is 4. The second-order valence-electron chi connectivity index (χ2n) is 20.9. The normalized spacial score (nSPS) is 35.0. The van der Waals surface area contributed by atoms with Gasteiger partial charge >= 0.3 is 6.09 Å². The van der Waals surface area contributed by atoms with Crippen LogP contribution in [-0.2, 0) is 52.3 Å². The van der Waals surface area contributed by atoms with Gasteiger partial charge in [-0.05, 0) is 91.0 Å². The lowest BCUT2D eigenvalue weighted by Crippen LogP contribution is -2.65. The van der Waals surface area contributed by atoms with Crippen molar-refractivity contribution < 1.29 is 107 Å². The molecular formula is C57H76IN3O22S4. The highest BCUT2D eigenvalue weighted by Gasteiger charge is 2.52. The number of amides is 2. The summed E-state index contributed by atoms with van der Waals surface area (Å²) in [6.45, 7) is 9.62. The first-order valence-electron chi connectivity index (χ1n) is 27.8. The summed E-state index contributed by atoms with van der Waals surface area (Å²) in [5.74, 6) is 9.94. The molecule has 0 saturated carbocycles. The van der Waals surface area contributed by atoms with Crippen LogP contribution in [0.5, 0.6) is 17.2 Å². The van der Waals surface area contributed by atoms with Gasteiger partial charge in [-0.3, -0.25) is 24.5 Å². The molecule has 1 aromatic carbocycles. The molecule has 0 radical (unpaired) electrons. The number of ether oxygens (including phenoxy) is 11. The van der Waals surface area contributed by atoms with Gasteiger partial charge in [-0.2, -0.15) is 5.48 Å². The lowest BCUT2D eigenvalue weighted by molar-refractivity contribution is -0.337. The molecule has 2 bridgehead atoms. The molecule has 87 heavy (non-hydrogen) atoms. The number of benzene rings is 1. The summed E-state index contributed by atoms with van der Waals surface area (Å²) in [7, 11) is 9.72. The topological polar surface area (TPSA) is 328 Å². The van der Waals surface area contributed by atoms with Gasteiger partial charge in [0.1, 0.15) is 24.4 Å². The summed E-state index contributed by atoms with van der Waals surface area (Å²) in [5, 5.41) is 69.3. The highest BCUT2D eigenvalue weighted by atomic mass is 127. The monoisotopic (exact) mass is 1410 g/mol. The third-order valence-corrected chi connectivity index (χ3v) is 22.0. The quantitative estimate of drug-likeness (QED) is 0.0272. The maximum atomic E-state index is 14.5. The van der Waals surface area contributed by atoms with E-state index in [0.717, 1.165) is 18.9 Å². The summed E-state index contributed by atoms with van der Waals surface area (Å²) < 4.78 is 67.2. The summed E-state index contributed by atoms with van der Waals surface area (Å²) in [4.78, 5) is 62.0. The van der Waals surface area contributed by atoms with Gasteiger partial charge in [0.05, 0.1) is 110 Å². The molecule has 25 nitrogen and oxygen atoms in total. The van der Waals surface area contributed by atoms with Crippen molar-refractivity contribution >= 4 is 88.7 Å². The number of allylic oxidation sites excluding steroid dienone is 3. The Morgan fingerprint density at radius 2 is 1.63 bits per heavy atom. The number of alkyl carbamates (subject to hydrolysis) is 1. The predicted molar refractivity (Wildman–Crippen MR) is 329 cm³/mol. The van der Waals surface area contributed by atoms with Crippen LogP contribution in [0.1, 0.15) is 69.8 Å². The highest BCUT2D eigenvalue weighted by Crippen LogP contribution is 2.49. The van der Waals surface area contributed by atoms with E-state index >= 15 is 0 Å². The van der Waals surface area contributed by atoms with E-state index in [2.05, 4.69) is 34.5 Å². The Bertz CT molecular complexity index is 2860. The van der Waals surface area contributed by atoms with Crippen LogP contribution in [0.2, 0.25) is 0 Å². The van der Waals surface area contributed by atoms with Crippen molar-refractivity contribution in [1.82, 2.24) is 15.7 Å². The second-order valence-corrected chi connectivity index (χ2v) is 27.5. The first kappa shape index (κ1) is 71.0. The molecule has 19 atom stereocenters. The summed E-state index contributed by atoms with van der Waals surface area (Å²) >= 11 is 2.78. The number of Topliss-reactive ketones (excluding diaryl/α,β-unsaturated/α-hetero) is 1. The molecule has 2 amide bonds. The van der Waals surface area contributed by atoms with Gasteiger partial charge in [0.2, 0.25) is 23.1 Å². The fourth-order valence-electron chi connectivity index (χ4n) is 11.1. The zero-order valence-electron chi connectivity index (χ0n) is 49.7. The fraction of sp³-hybridized carbons (Fsp3) is 0.649. The molecule has 4 aliphatic heterocycles. The number of fused-ring (bicyclic) bond motifs is 2. The molecule has 4 fully saturated rings. The minimum absolute atomic E-state index is 0.00248. The number of thioether (sulfide) groups is 1. The average Bonchev–Trinajstić information content (AvgIpc) is 1.63. The molecule has 1 aromatic rings. The molecule has 2 aliphatic carbocycles. The van der Waals surface area contributed by atoms with E-state index in [4.69, 9.17) is 56.9 Å². The molecule has 0 spiro atoms. The zero-order valence-corrected chi connectivity index (χ0v) is 55.2. The Balaban J connectivity index is 1.14. The van der Waals surface area contributed by atoms with Crippen molar-refractivity contribution in [2.45, 2.75) is 170 Å². The highest BCUT2D eigenvalue weighted by molar-refractivity contribution is 14.1. The van der Waals surface area contributed by atoms with E-state index in [9.17, 15) is 49.8 Å². The van der Waals surface area contributed by atoms with Gasteiger partial charge < -0.3 is 87.6 Å². The number of rotatable bonds is 22. The lowest BCUT2D eigenvalue weighted by atomic mass is 9.75. The molecule has 0 unspecified atom stereocenters. The maximum absolute atomic E-state index is 14.5. The van der Waals surface area contributed by atoms with Gasteiger partial charge in [-0.1, -0.05) is 63.1 Å². The summed E-state index contributed by atoms with van der Waals surface area (Å²) in [6.07, 6.45) is -12.1. The van der Waals surface area contributed by atoms with Crippen molar-refractivity contribution in [2.24, 2.45) is 5.92 Å². The first-order chi connectivity index (χ1) is 41.5. The van der Waals surface area contributed by atoms with E-state index in [0.29, 0.717) is 21.4 Å². The molecule has 4 saturated heterocycles. The Morgan fingerprint density at radius 1 is 0.920 bits per heavy atom. The molecule has 8 N–H and O–H groups in total. The molecule has 7 rings (SSSR count). The molecule has 0 aromatic heterocycles. The van der Waals surface area contributed by atoms with Crippen LogP contribution in [0.4, 0.5) is 4.79 Å². The standard InChI is InChI=1S/C57H76IN3O22S4/c1-12-61(30(6)63)33-25-76-38(22-37(33)72-7)81-50-47(68)43(27(3)78-55(50)80-36-17-15-13-14-16-19-57(71)23-35(65)44(59-56(70)75-10)41(36)32(57)18-20-85-87-84-11)60-83-39-21-34(64)52(29(5)77-39)86-53(69)40-26(2)42(58)49(51(74-9)48(40)73-8)82-54-46(67)31(24-62)45(66)28(4)79-54/h13-14,18,27-29,31,33-34,36-39,43,45-47,50,52,54-55,60,62,64,66-68,71H,12,20-25H2,1-11H3,(H,59,70)/b14-13-,32-18?/t27-,28+,29-,31-,33+,34+,36+,37+,38+,39+,43-,45+,46-,47+,50-,52-,54+,55+,57+/m1/s1. The number of halogens is 1. The van der Waals surface area contributed by atoms with Crippen LogP contribution in [-0.4, -0.2) is 228 Å². The Labute approximate surface area is 534 Å². The minimum atomic E-state index is -2.08. The maximum Gasteiger partial charge on any atom is 0.411 e. The Kier molecular flexibility index (Phi) is 26.3. The summed E-state index contributed by atoms with van der Waals surface area (Å²) in [6, 6.07) is -1.63. The molecule has 482 valence electrons. The van der Waals surface area contributed by atoms with Crippen molar-refractivity contribution in [3.8, 4) is 40.9 Å². The minimum Gasteiger partial charge on any atom is -0.492 e. The number of nitrogens with zero attached hydrogens (tertiary/aromatic N) is 1. The number of methoxy groups -OCH3 is 4. The number of carbonyl (C=O) groups excluding carboxylic acids is 4. The van der Waals surface area contributed by atoms with Crippen molar-refractivity contribution in [1.29, 1.82) is 0 Å². The van der Waals surface area contributed by atoms with Crippen LogP contribution in [0.25, 0.3) is 0 Å². The number of nitrogens with one attached hydrogen (secondary N) is 2. The van der Waals surface area contributed by atoms with Crippen LogP contribution < -0.4 is 25.0 Å². The van der Waals surface area contributed by atoms with Gasteiger partial charge in [0.25, 0.3) is 0 Å². The second kappa shape index (κ2) is 32.2. The van der Waals surface area contributed by atoms with Gasteiger partial charge in [0.15, 0.2) is 41.8 Å². The predicted octanol–water partition coefficient (Wildman–Crippen LogP) is 3.05. The van der Waals surface area contributed by atoms with E-state index in [1.807, 2.05) is 35.8 Å². The number of aliphatic hydroxyl groups is 6. The molecular weight excluding hydrogens is 1330 g/mol. The molecule has 4 heterocycles. The van der Waals surface area contributed by atoms with E-state index in [1.165, 1.54) is 71.8 Å². The van der Waals surface area contributed by atoms with Crippen LogP contribution >= 0.6 is 65.8 Å². The lowest BCUT2D eigenvalue weighted by Gasteiger charge is -2.47. The number of aliphatic hydroxyl groups excluding tert-OH is 5. The van der Waals surface area contributed by atoms with Crippen molar-refractivity contribution in [2.75, 3.05) is 60.2 Å². The third kappa shape index (κ3) is 16.3. The number of ketones is 1. The number of hydrogen-bond donors (Lipinski definition) is 8. The zero-order chi connectivity index (χ0) is 63.6. The van der Waals surface area contributed by atoms with E-state index < -0.39 is 145 Å². The Hall–Kier alpha value is -3.43. The SMILES string of the molecule is CCN(C(C)=O)[C@H]1CO[C@@H](O[C@H]2[C@H](O[C@H]3C#C/C=C\C#C[C@]4(O)CC(=O)C(NC(=O)OC)=C3C4=CCSSSC)O[C@H](C)[C@@H](NO[C@H]3C[C@H](O)[C@H](SC(=O)c4c(C)c(I)c(O[C@@H]5O[C@@H](C)[C@H](O)[C@@H](CO)[C@H]5O)c(OC)c4OC)[C@@H](C)O3)[C@@H]2O)C[C@@H]1OC. The third-order valence-electron chi connectivity index (χ3n) is 15.6. The number of hydrogen-bond acceptors (Lipinski definition) is 27. The van der Waals surface area contributed by atoms with E-state index in [-0.39, 0.29) is 65.0 Å². The van der Waals surface area contributed by atoms with Gasteiger partial charge in [-0.25, -0.2) is 4.79 Å². The van der Waals surface area contributed by atoms with Crippen LogP contribution in [0.15, 0.2) is 35.1 Å². The molecule has 6 aliphatic rings. The average molecular weight is 1410 g/mol. The Morgan fingerprint density at radius 3 is 2.28 bits per heavy atom. The number of likely N-dealkylation sites (N-methyl/N-ethyl adjacent to an activating group) is 1. The number of hydroxylamine groups is 1.